The van der Waals surface area contributed by atoms with Crippen LogP contribution in [0.1, 0.15) is 44.6 Å². The van der Waals surface area contributed by atoms with Gasteiger partial charge in [-0.3, -0.25) is 0 Å². The summed E-state index contributed by atoms with van der Waals surface area (Å²) in [6.45, 7) is 2.19. The summed E-state index contributed by atoms with van der Waals surface area (Å²) in [6.07, 6.45) is 5.11. The fraction of sp³-hybridized carbons (Fsp3) is 0.538. The van der Waals surface area contributed by atoms with Gasteiger partial charge in [-0.15, -0.1) is 0 Å². The molecule has 1 unspecified atom stereocenters. The summed E-state index contributed by atoms with van der Waals surface area (Å²) in [4.78, 5) is 0. The number of hydrogen-bond acceptors (Lipinski definition) is 2. The van der Waals surface area contributed by atoms with Crippen molar-refractivity contribution in [2.24, 2.45) is 0 Å². The van der Waals surface area contributed by atoms with Crippen LogP contribution in [0.3, 0.4) is 0 Å². The third-order valence-corrected chi connectivity index (χ3v) is 2.92. The molecule has 0 saturated heterocycles. The molecule has 1 N–H and O–H groups in total. The van der Waals surface area contributed by atoms with Gasteiger partial charge >= 0.3 is 0 Å². The normalized spacial score (nSPS) is 11.9. The minimum absolute atomic E-state index is 0.457. The van der Waals surface area contributed by atoms with Crippen LogP contribution in [0, 0.1) is 11.8 Å². The van der Waals surface area contributed by atoms with E-state index in [-0.39, 0.29) is 0 Å². The number of aliphatic hydroxyl groups is 1. The molecule has 0 aromatic carbocycles. The van der Waals surface area contributed by atoms with Gasteiger partial charge in [-0.25, -0.2) is 0 Å². The number of rotatable bonds is 5. The van der Waals surface area contributed by atoms with Gasteiger partial charge in [-0.1, -0.05) is 38.0 Å². The summed E-state index contributed by atoms with van der Waals surface area (Å²) in [5, 5.41) is 13.6. The van der Waals surface area contributed by atoms with Gasteiger partial charge in [0.15, 0.2) is 0 Å². The lowest BCUT2D eigenvalue weighted by molar-refractivity contribution is 0.217. The maximum atomic E-state index is 9.58. The lowest BCUT2D eigenvalue weighted by atomic mass is 10.1. The van der Waals surface area contributed by atoms with Crippen molar-refractivity contribution in [2.75, 3.05) is 0 Å². The average molecular weight is 222 g/mol. The SMILES string of the molecule is CCCCCCC(O)C#Cc1ccsc1. The van der Waals surface area contributed by atoms with Crippen LogP contribution in [0.15, 0.2) is 16.8 Å². The Morgan fingerprint density at radius 3 is 2.93 bits per heavy atom. The van der Waals surface area contributed by atoms with Gasteiger partial charge < -0.3 is 5.11 Å². The molecule has 0 bridgehead atoms. The first-order chi connectivity index (χ1) is 7.33. The van der Waals surface area contributed by atoms with E-state index in [0.717, 1.165) is 18.4 Å². The lowest BCUT2D eigenvalue weighted by Gasteiger charge is -2.01. The molecule has 82 valence electrons. The Hall–Kier alpha value is -0.780. The van der Waals surface area contributed by atoms with Crippen LogP contribution in [-0.2, 0) is 0 Å². The van der Waals surface area contributed by atoms with Gasteiger partial charge in [0.05, 0.1) is 0 Å². The second-order valence-corrected chi connectivity index (χ2v) is 4.43. The van der Waals surface area contributed by atoms with Crippen molar-refractivity contribution in [3.63, 3.8) is 0 Å². The molecule has 15 heavy (non-hydrogen) atoms. The van der Waals surface area contributed by atoms with E-state index in [9.17, 15) is 5.11 Å². The molecule has 2 heteroatoms. The topological polar surface area (TPSA) is 20.2 Å². The van der Waals surface area contributed by atoms with Crippen molar-refractivity contribution in [3.05, 3.63) is 22.4 Å². The van der Waals surface area contributed by atoms with Crippen LogP contribution in [-0.4, -0.2) is 11.2 Å². The summed E-state index contributed by atoms with van der Waals surface area (Å²) in [6, 6.07) is 1.97. The Balaban J connectivity index is 2.20. The van der Waals surface area contributed by atoms with Gasteiger partial charge in [-0.2, -0.15) is 11.3 Å². The molecule has 1 aromatic rings. The minimum atomic E-state index is -0.457. The molecule has 0 aliphatic heterocycles. The Kier molecular flexibility index (Phi) is 6.15. The highest BCUT2D eigenvalue weighted by Gasteiger charge is 1.98. The smallest absolute Gasteiger partial charge is 0.115 e. The number of thiophene rings is 1. The summed E-state index contributed by atoms with van der Waals surface area (Å²) < 4.78 is 0. The third-order valence-electron chi connectivity index (χ3n) is 2.24. The van der Waals surface area contributed by atoms with Crippen molar-refractivity contribution >= 4 is 11.3 Å². The monoisotopic (exact) mass is 222 g/mol. The van der Waals surface area contributed by atoms with Crippen LogP contribution in [0.25, 0.3) is 0 Å². The van der Waals surface area contributed by atoms with E-state index in [2.05, 4.69) is 18.8 Å². The van der Waals surface area contributed by atoms with E-state index in [4.69, 9.17) is 0 Å². The molecule has 0 spiro atoms. The van der Waals surface area contributed by atoms with Crippen molar-refractivity contribution in [3.8, 4) is 11.8 Å². The van der Waals surface area contributed by atoms with E-state index in [0.29, 0.717) is 0 Å². The van der Waals surface area contributed by atoms with Gasteiger partial charge in [0.2, 0.25) is 0 Å². The molecule has 1 aromatic heterocycles. The first kappa shape index (κ1) is 12.3. The zero-order valence-corrected chi connectivity index (χ0v) is 10.0. The van der Waals surface area contributed by atoms with Crippen molar-refractivity contribution in [2.45, 2.75) is 45.1 Å². The second-order valence-electron chi connectivity index (χ2n) is 3.65. The van der Waals surface area contributed by atoms with Crippen molar-refractivity contribution in [1.29, 1.82) is 0 Å². The molecule has 0 amide bonds. The molecule has 0 fully saturated rings. The molecule has 0 aliphatic rings. The van der Waals surface area contributed by atoms with Gasteiger partial charge in [-0.05, 0) is 24.3 Å². The van der Waals surface area contributed by atoms with Crippen LogP contribution >= 0.6 is 11.3 Å². The largest absolute Gasteiger partial charge is 0.380 e. The second kappa shape index (κ2) is 7.50. The predicted molar refractivity (Wildman–Crippen MR) is 66.0 cm³/mol. The highest BCUT2D eigenvalue weighted by atomic mass is 32.1. The lowest BCUT2D eigenvalue weighted by Crippen LogP contribution is -2.02. The van der Waals surface area contributed by atoms with E-state index in [1.807, 2.05) is 16.8 Å². The molecule has 1 atom stereocenters. The maximum absolute atomic E-state index is 9.58. The maximum Gasteiger partial charge on any atom is 0.115 e. The van der Waals surface area contributed by atoms with Crippen molar-refractivity contribution < 1.29 is 5.11 Å². The number of hydrogen-bond donors (Lipinski definition) is 1. The number of unbranched alkanes of at least 4 members (excludes halogenated alkanes) is 3. The highest BCUT2D eigenvalue weighted by molar-refractivity contribution is 7.08. The fourth-order valence-electron chi connectivity index (χ4n) is 1.34. The molecule has 1 rings (SSSR count). The van der Waals surface area contributed by atoms with E-state index in [1.54, 1.807) is 11.3 Å². The molecule has 1 nitrogen and oxygen atoms in total. The molecule has 0 radical (unpaired) electrons. The quantitative estimate of drug-likeness (QED) is 0.598. The van der Waals surface area contributed by atoms with Gasteiger partial charge in [0, 0.05) is 10.9 Å². The average Bonchev–Trinajstić information content (AvgIpc) is 2.74. The van der Waals surface area contributed by atoms with Crippen LogP contribution < -0.4 is 0 Å². The Morgan fingerprint density at radius 1 is 1.40 bits per heavy atom. The molecule has 0 saturated carbocycles. The van der Waals surface area contributed by atoms with Crippen LogP contribution in [0.2, 0.25) is 0 Å². The Morgan fingerprint density at radius 2 is 2.27 bits per heavy atom. The minimum Gasteiger partial charge on any atom is -0.380 e. The first-order valence-electron chi connectivity index (χ1n) is 5.54. The zero-order chi connectivity index (χ0) is 10.9. The molecular formula is C13H18OS. The molecule has 1 heterocycles. The standard InChI is InChI=1S/C13H18OS/c1-2-3-4-5-6-13(14)8-7-12-9-10-15-11-12/h9-11,13-14H,2-6H2,1H3. The Labute approximate surface area is 96.1 Å². The summed E-state index contributed by atoms with van der Waals surface area (Å²) in [5.41, 5.74) is 1.01. The van der Waals surface area contributed by atoms with E-state index < -0.39 is 6.10 Å². The third kappa shape index (κ3) is 5.61. The van der Waals surface area contributed by atoms with Crippen LogP contribution in [0.5, 0.6) is 0 Å². The predicted octanol–water partition coefficient (Wildman–Crippen LogP) is 3.43. The first-order valence-corrected chi connectivity index (χ1v) is 6.49. The molecular weight excluding hydrogens is 204 g/mol. The van der Waals surface area contributed by atoms with Gasteiger partial charge in [0.1, 0.15) is 6.10 Å². The number of aliphatic hydroxyl groups excluding tert-OH is 1. The summed E-state index contributed by atoms with van der Waals surface area (Å²) in [7, 11) is 0. The highest BCUT2D eigenvalue weighted by Crippen LogP contribution is 2.06. The van der Waals surface area contributed by atoms with Gasteiger partial charge in [0.25, 0.3) is 0 Å². The zero-order valence-electron chi connectivity index (χ0n) is 9.20. The van der Waals surface area contributed by atoms with Crippen molar-refractivity contribution in [1.82, 2.24) is 0 Å². The summed E-state index contributed by atoms with van der Waals surface area (Å²) in [5.74, 6) is 5.85. The van der Waals surface area contributed by atoms with Crippen LogP contribution in [0.4, 0.5) is 0 Å². The summed E-state index contributed by atoms with van der Waals surface area (Å²) >= 11 is 1.63. The Bertz CT molecular complexity index is 305. The molecule has 0 aliphatic carbocycles. The van der Waals surface area contributed by atoms with E-state index >= 15 is 0 Å². The van der Waals surface area contributed by atoms with E-state index in [1.165, 1.54) is 19.3 Å². The fourth-order valence-corrected chi connectivity index (χ4v) is 1.93.